The standard InChI is InChI=1S/C24H32N2O2/c27-22(13-17-4-2-1-3-5-17)25-21-6-8-26(9-7-21)23(28)24-14-18-10-19(15-24)12-20(11-18)16-24/h1-5,18-21H,6-16H2,(H,25,27). The molecule has 0 spiro atoms. The van der Waals surface area contributed by atoms with Crippen LogP contribution in [0.15, 0.2) is 30.3 Å². The van der Waals surface area contributed by atoms with Gasteiger partial charge in [-0.25, -0.2) is 0 Å². The first-order valence-corrected chi connectivity index (χ1v) is 11.2. The summed E-state index contributed by atoms with van der Waals surface area (Å²) in [5, 5.41) is 3.19. The van der Waals surface area contributed by atoms with Gasteiger partial charge in [0.15, 0.2) is 0 Å². The molecule has 1 aliphatic heterocycles. The molecular weight excluding hydrogens is 348 g/mol. The Labute approximate surface area is 168 Å². The van der Waals surface area contributed by atoms with Gasteiger partial charge in [0, 0.05) is 19.1 Å². The van der Waals surface area contributed by atoms with Crippen LogP contribution in [0.1, 0.15) is 56.9 Å². The van der Waals surface area contributed by atoms with E-state index in [1.807, 2.05) is 30.3 Å². The van der Waals surface area contributed by atoms with E-state index in [0.717, 1.165) is 68.5 Å². The summed E-state index contributed by atoms with van der Waals surface area (Å²) >= 11 is 0. The number of rotatable bonds is 4. The molecule has 6 rings (SSSR count). The van der Waals surface area contributed by atoms with E-state index >= 15 is 0 Å². The highest BCUT2D eigenvalue weighted by atomic mass is 16.2. The highest BCUT2D eigenvalue weighted by Crippen LogP contribution is 2.60. The molecule has 5 aliphatic rings. The normalized spacial score (nSPS) is 34.4. The minimum absolute atomic E-state index is 0.0296. The van der Waals surface area contributed by atoms with Gasteiger partial charge in [-0.3, -0.25) is 9.59 Å². The number of carbonyl (C=O) groups is 2. The van der Waals surface area contributed by atoms with Crippen molar-refractivity contribution in [2.45, 2.75) is 63.8 Å². The van der Waals surface area contributed by atoms with Crippen molar-refractivity contribution in [3.05, 3.63) is 35.9 Å². The lowest BCUT2D eigenvalue weighted by Gasteiger charge is -2.57. The van der Waals surface area contributed by atoms with Crippen LogP contribution < -0.4 is 5.32 Å². The Morgan fingerprint density at radius 1 is 0.929 bits per heavy atom. The molecule has 1 heterocycles. The molecule has 0 radical (unpaired) electrons. The van der Waals surface area contributed by atoms with E-state index in [-0.39, 0.29) is 17.4 Å². The molecule has 1 aromatic rings. The molecule has 5 fully saturated rings. The summed E-state index contributed by atoms with van der Waals surface area (Å²) in [5.74, 6) is 2.97. The zero-order valence-corrected chi connectivity index (χ0v) is 16.7. The molecular formula is C24H32N2O2. The van der Waals surface area contributed by atoms with Gasteiger partial charge in [0.2, 0.25) is 11.8 Å². The van der Waals surface area contributed by atoms with Crippen LogP contribution in [-0.4, -0.2) is 35.8 Å². The Kier molecular flexibility index (Phi) is 4.68. The molecule has 4 aliphatic carbocycles. The lowest BCUT2D eigenvalue weighted by atomic mass is 9.49. The third-order valence-corrected chi connectivity index (χ3v) is 7.85. The lowest BCUT2D eigenvalue weighted by molar-refractivity contribution is -0.158. The Balaban J connectivity index is 1.14. The maximum Gasteiger partial charge on any atom is 0.228 e. The molecule has 1 aromatic carbocycles. The number of amides is 2. The fourth-order valence-corrected chi connectivity index (χ4v) is 6.99. The Hall–Kier alpha value is -1.84. The number of piperidine rings is 1. The number of nitrogens with zero attached hydrogens (tertiary/aromatic N) is 1. The molecule has 0 atom stereocenters. The Morgan fingerprint density at radius 3 is 2.07 bits per heavy atom. The minimum Gasteiger partial charge on any atom is -0.353 e. The average molecular weight is 381 g/mol. The molecule has 2 amide bonds. The van der Waals surface area contributed by atoms with Gasteiger partial charge in [-0.2, -0.15) is 0 Å². The van der Waals surface area contributed by atoms with E-state index in [2.05, 4.69) is 10.2 Å². The van der Waals surface area contributed by atoms with Crippen molar-refractivity contribution in [2.24, 2.45) is 23.2 Å². The van der Waals surface area contributed by atoms with Gasteiger partial charge >= 0.3 is 0 Å². The van der Waals surface area contributed by atoms with Gasteiger partial charge in [-0.05, 0) is 74.7 Å². The third kappa shape index (κ3) is 3.46. The van der Waals surface area contributed by atoms with Crippen molar-refractivity contribution >= 4 is 11.8 Å². The number of nitrogens with one attached hydrogen (secondary N) is 1. The number of likely N-dealkylation sites (tertiary alicyclic amines) is 1. The van der Waals surface area contributed by atoms with Crippen LogP contribution in [0.3, 0.4) is 0 Å². The second-order valence-electron chi connectivity index (χ2n) is 9.99. The van der Waals surface area contributed by atoms with Crippen molar-refractivity contribution < 1.29 is 9.59 Å². The molecule has 150 valence electrons. The Bertz CT molecular complexity index is 701. The number of benzene rings is 1. The first-order valence-electron chi connectivity index (χ1n) is 11.2. The van der Waals surface area contributed by atoms with Crippen LogP contribution in [0, 0.1) is 23.2 Å². The summed E-state index contributed by atoms with van der Waals surface area (Å²) in [5.41, 5.74) is 1.02. The molecule has 1 N–H and O–H groups in total. The minimum atomic E-state index is -0.0296. The first kappa shape index (κ1) is 18.2. The van der Waals surface area contributed by atoms with Crippen LogP contribution in [0.25, 0.3) is 0 Å². The second-order valence-corrected chi connectivity index (χ2v) is 9.99. The van der Waals surface area contributed by atoms with Crippen molar-refractivity contribution in [3.63, 3.8) is 0 Å². The predicted octanol–water partition coefficient (Wildman–Crippen LogP) is 3.55. The number of hydrogen-bond acceptors (Lipinski definition) is 2. The van der Waals surface area contributed by atoms with E-state index in [1.165, 1.54) is 19.3 Å². The fourth-order valence-electron chi connectivity index (χ4n) is 6.99. The molecule has 0 aromatic heterocycles. The highest BCUT2D eigenvalue weighted by Gasteiger charge is 2.55. The van der Waals surface area contributed by atoms with Gasteiger partial charge in [0.05, 0.1) is 11.8 Å². The van der Waals surface area contributed by atoms with Gasteiger partial charge < -0.3 is 10.2 Å². The maximum absolute atomic E-state index is 13.5. The maximum atomic E-state index is 13.5. The van der Waals surface area contributed by atoms with E-state index < -0.39 is 0 Å². The smallest absolute Gasteiger partial charge is 0.228 e. The summed E-state index contributed by atoms with van der Waals surface area (Å²) < 4.78 is 0. The van der Waals surface area contributed by atoms with Crippen molar-refractivity contribution in [3.8, 4) is 0 Å². The SMILES string of the molecule is O=C(Cc1ccccc1)NC1CCN(C(=O)C23CC4CC(CC(C4)C2)C3)CC1. The largest absolute Gasteiger partial charge is 0.353 e. The van der Waals surface area contributed by atoms with Gasteiger partial charge in [0.25, 0.3) is 0 Å². The van der Waals surface area contributed by atoms with E-state index in [1.54, 1.807) is 0 Å². The molecule has 28 heavy (non-hydrogen) atoms. The van der Waals surface area contributed by atoms with Gasteiger partial charge in [-0.1, -0.05) is 30.3 Å². The lowest BCUT2D eigenvalue weighted by Crippen LogP contribution is -2.56. The summed E-state index contributed by atoms with van der Waals surface area (Å²) in [6.45, 7) is 1.60. The molecule has 1 saturated heterocycles. The molecule has 4 nitrogen and oxygen atoms in total. The Morgan fingerprint density at radius 2 is 1.50 bits per heavy atom. The van der Waals surface area contributed by atoms with E-state index in [4.69, 9.17) is 0 Å². The van der Waals surface area contributed by atoms with Crippen LogP contribution >= 0.6 is 0 Å². The zero-order valence-electron chi connectivity index (χ0n) is 16.7. The van der Waals surface area contributed by atoms with Gasteiger partial charge in [-0.15, -0.1) is 0 Å². The summed E-state index contributed by atoms with van der Waals surface area (Å²) in [7, 11) is 0. The predicted molar refractivity (Wildman–Crippen MR) is 108 cm³/mol. The zero-order chi connectivity index (χ0) is 19.1. The monoisotopic (exact) mass is 380 g/mol. The van der Waals surface area contributed by atoms with Crippen molar-refractivity contribution in [2.75, 3.05) is 13.1 Å². The van der Waals surface area contributed by atoms with Crippen LogP contribution in [-0.2, 0) is 16.0 Å². The number of carbonyl (C=O) groups excluding carboxylic acids is 2. The summed E-state index contributed by atoms with van der Waals surface area (Å²) in [6, 6.07) is 10.1. The first-order chi connectivity index (χ1) is 13.6. The van der Waals surface area contributed by atoms with Crippen molar-refractivity contribution in [1.82, 2.24) is 10.2 Å². The van der Waals surface area contributed by atoms with Crippen LogP contribution in [0.4, 0.5) is 0 Å². The molecule has 4 saturated carbocycles. The summed E-state index contributed by atoms with van der Waals surface area (Å²) in [4.78, 5) is 27.9. The van der Waals surface area contributed by atoms with Gasteiger partial charge in [0.1, 0.15) is 0 Å². The summed E-state index contributed by atoms with van der Waals surface area (Å²) in [6.07, 6.45) is 9.78. The van der Waals surface area contributed by atoms with Crippen LogP contribution in [0.5, 0.6) is 0 Å². The van der Waals surface area contributed by atoms with Crippen LogP contribution in [0.2, 0.25) is 0 Å². The van der Waals surface area contributed by atoms with E-state index in [0.29, 0.717) is 12.3 Å². The average Bonchev–Trinajstić information content (AvgIpc) is 2.68. The third-order valence-electron chi connectivity index (χ3n) is 7.85. The fraction of sp³-hybridized carbons (Fsp3) is 0.667. The topological polar surface area (TPSA) is 49.4 Å². The number of hydrogen-bond donors (Lipinski definition) is 1. The molecule has 0 unspecified atom stereocenters. The van der Waals surface area contributed by atoms with Crippen molar-refractivity contribution in [1.29, 1.82) is 0 Å². The molecule has 4 bridgehead atoms. The highest BCUT2D eigenvalue weighted by molar-refractivity contribution is 5.83. The van der Waals surface area contributed by atoms with E-state index in [9.17, 15) is 9.59 Å². The molecule has 4 heteroatoms. The quantitative estimate of drug-likeness (QED) is 0.868. The second kappa shape index (κ2) is 7.20.